The quantitative estimate of drug-likeness (QED) is 0.735. The second kappa shape index (κ2) is 8.64. The second-order valence-corrected chi connectivity index (χ2v) is 7.47. The lowest BCUT2D eigenvalue weighted by Gasteiger charge is -2.47. The lowest BCUT2D eigenvalue weighted by Crippen LogP contribution is -2.57. The largest absolute Gasteiger partial charge is 0.298 e. The smallest absolute Gasteiger partial charge is 0.0605 e. The van der Waals surface area contributed by atoms with Crippen LogP contribution in [0, 0.1) is 0 Å². The first-order chi connectivity index (χ1) is 12.2. The highest BCUT2D eigenvalue weighted by Gasteiger charge is 2.34. The van der Waals surface area contributed by atoms with Gasteiger partial charge in [0.2, 0.25) is 0 Å². The number of hydrogen-bond acceptors (Lipinski definition) is 2. The van der Waals surface area contributed by atoms with Gasteiger partial charge in [0, 0.05) is 25.2 Å². The van der Waals surface area contributed by atoms with E-state index in [0.29, 0.717) is 18.1 Å². The van der Waals surface area contributed by atoms with Crippen LogP contribution >= 0.6 is 0 Å². The van der Waals surface area contributed by atoms with Crippen molar-refractivity contribution in [2.45, 2.75) is 51.7 Å². The maximum absolute atomic E-state index is 2.71. The highest BCUT2D eigenvalue weighted by Crippen LogP contribution is 2.33. The van der Waals surface area contributed by atoms with Crippen molar-refractivity contribution in [2.24, 2.45) is 0 Å². The first-order valence-electron chi connectivity index (χ1n) is 9.80. The van der Waals surface area contributed by atoms with Gasteiger partial charge < -0.3 is 0 Å². The molecule has 1 heterocycles. The van der Waals surface area contributed by atoms with Gasteiger partial charge in [-0.05, 0) is 37.9 Å². The highest BCUT2D eigenvalue weighted by atomic mass is 15.3. The Morgan fingerprint density at radius 2 is 1.40 bits per heavy atom. The minimum atomic E-state index is 0.341. The van der Waals surface area contributed by atoms with Gasteiger partial charge in [-0.3, -0.25) is 9.80 Å². The Balaban J connectivity index is 1.87. The van der Waals surface area contributed by atoms with E-state index in [2.05, 4.69) is 91.2 Å². The molecule has 0 saturated carbocycles. The summed E-state index contributed by atoms with van der Waals surface area (Å²) in [5.41, 5.74) is 2.80. The fraction of sp³-hybridized carbons (Fsp3) is 0.478. The number of hydrogen-bond donors (Lipinski definition) is 0. The molecule has 1 aliphatic rings. The lowest BCUT2D eigenvalue weighted by atomic mass is 9.93. The van der Waals surface area contributed by atoms with E-state index in [1.54, 1.807) is 0 Å². The Hall–Kier alpha value is -1.64. The summed E-state index contributed by atoms with van der Waals surface area (Å²) >= 11 is 0. The molecule has 2 atom stereocenters. The number of rotatable bonds is 6. The topological polar surface area (TPSA) is 6.48 Å². The standard InChI is InChI=1S/C23H32N2/c1-4-5-16-24-17-20(3)25(18-19(24)2)23(21-12-8-6-9-13-21)22-14-10-7-11-15-22/h6-15,19-20,23H,4-5,16-18H2,1-3H3. The van der Waals surface area contributed by atoms with Crippen molar-refractivity contribution in [2.75, 3.05) is 19.6 Å². The van der Waals surface area contributed by atoms with Crippen LogP contribution in [-0.2, 0) is 0 Å². The minimum absolute atomic E-state index is 0.341. The average molecular weight is 337 g/mol. The van der Waals surface area contributed by atoms with E-state index >= 15 is 0 Å². The Morgan fingerprint density at radius 1 is 0.840 bits per heavy atom. The molecule has 0 bridgehead atoms. The van der Waals surface area contributed by atoms with Gasteiger partial charge in [0.05, 0.1) is 6.04 Å². The van der Waals surface area contributed by atoms with Gasteiger partial charge in [-0.15, -0.1) is 0 Å². The minimum Gasteiger partial charge on any atom is -0.298 e. The van der Waals surface area contributed by atoms with Crippen molar-refractivity contribution < 1.29 is 0 Å². The van der Waals surface area contributed by atoms with Crippen LogP contribution in [0.1, 0.15) is 50.8 Å². The Bertz CT molecular complexity index is 586. The molecule has 0 aromatic heterocycles. The zero-order valence-corrected chi connectivity index (χ0v) is 15.9. The molecule has 0 radical (unpaired) electrons. The van der Waals surface area contributed by atoms with Gasteiger partial charge >= 0.3 is 0 Å². The molecule has 0 N–H and O–H groups in total. The first kappa shape index (κ1) is 18.2. The molecule has 25 heavy (non-hydrogen) atoms. The van der Waals surface area contributed by atoms with Crippen molar-refractivity contribution >= 4 is 0 Å². The van der Waals surface area contributed by atoms with E-state index in [1.807, 2.05) is 0 Å². The third kappa shape index (κ3) is 4.31. The summed E-state index contributed by atoms with van der Waals surface area (Å²) in [5.74, 6) is 0. The van der Waals surface area contributed by atoms with Crippen molar-refractivity contribution in [3.8, 4) is 0 Å². The van der Waals surface area contributed by atoms with Crippen molar-refractivity contribution in [3.63, 3.8) is 0 Å². The third-order valence-corrected chi connectivity index (χ3v) is 5.52. The number of nitrogens with zero attached hydrogens (tertiary/aromatic N) is 2. The predicted octanol–water partition coefficient (Wildman–Crippen LogP) is 4.97. The van der Waals surface area contributed by atoms with Crippen LogP contribution in [0.2, 0.25) is 0 Å². The summed E-state index contributed by atoms with van der Waals surface area (Å²) in [5, 5.41) is 0. The molecule has 2 aromatic rings. The van der Waals surface area contributed by atoms with Crippen molar-refractivity contribution in [3.05, 3.63) is 71.8 Å². The maximum Gasteiger partial charge on any atom is 0.0605 e. The fourth-order valence-electron chi connectivity index (χ4n) is 4.10. The molecular weight excluding hydrogens is 304 g/mol. The molecule has 2 nitrogen and oxygen atoms in total. The molecule has 1 saturated heterocycles. The van der Waals surface area contributed by atoms with Gasteiger partial charge in [-0.2, -0.15) is 0 Å². The fourth-order valence-corrected chi connectivity index (χ4v) is 4.10. The van der Waals surface area contributed by atoms with Gasteiger partial charge in [-0.25, -0.2) is 0 Å². The normalized spacial score (nSPS) is 22.4. The van der Waals surface area contributed by atoms with Crippen LogP contribution in [0.4, 0.5) is 0 Å². The zero-order chi connectivity index (χ0) is 17.6. The molecule has 0 amide bonds. The summed E-state index contributed by atoms with van der Waals surface area (Å²) in [4.78, 5) is 5.38. The molecule has 1 fully saturated rings. The molecule has 1 aliphatic heterocycles. The van der Waals surface area contributed by atoms with E-state index in [0.717, 1.165) is 13.1 Å². The van der Waals surface area contributed by atoms with Crippen LogP contribution in [0.15, 0.2) is 60.7 Å². The van der Waals surface area contributed by atoms with E-state index in [9.17, 15) is 0 Å². The van der Waals surface area contributed by atoms with Crippen molar-refractivity contribution in [1.29, 1.82) is 0 Å². The summed E-state index contributed by atoms with van der Waals surface area (Å²) in [6, 6.07) is 23.5. The molecular formula is C23H32N2. The van der Waals surface area contributed by atoms with Gasteiger partial charge in [0.15, 0.2) is 0 Å². The Morgan fingerprint density at radius 3 is 1.92 bits per heavy atom. The molecule has 2 unspecified atom stereocenters. The van der Waals surface area contributed by atoms with Crippen LogP contribution < -0.4 is 0 Å². The highest BCUT2D eigenvalue weighted by molar-refractivity contribution is 5.32. The molecule has 2 heteroatoms. The second-order valence-electron chi connectivity index (χ2n) is 7.47. The molecule has 2 aromatic carbocycles. The van der Waals surface area contributed by atoms with E-state index in [4.69, 9.17) is 0 Å². The first-order valence-corrected chi connectivity index (χ1v) is 9.80. The summed E-state index contributed by atoms with van der Waals surface area (Å²) in [6.45, 7) is 10.6. The average Bonchev–Trinajstić information content (AvgIpc) is 2.65. The summed E-state index contributed by atoms with van der Waals surface area (Å²) < 4.78 is 0. The predicted molar refractivity (Wildman–Crippen MR) is 107 cm³/mol. The van der Waals surface area contributed by atoms with Crippen LogP contribution in [0.3, 0.4) is 0 Å². The van der Waals surface area contributed by atoms with E-state index in [1.165, 1.54) is 30.5 Å². The van der Waals surface area contributed by atoms with E-state index in [-0.39, 0.29) is 0 Å². The number of benzene rings is 2. The van der Waals surface area contributed by atoms with Crippen molar-refractivity contribution in [1.82, 2.24) is 9.80 Å². The molecule has 134 valence electrons. The van der Waals surface area contributed by atoms with Gasteiger partial charge in [-0.1, -0.05) is 74.0 Å². The molecule has 0 aliphatic carbocycles. The summed E-state index contributed by atoms with van der Waals surface area (Å²) in [7, 11) is 0. The third-order valence-electron chi connectivity index (χ3n) is 5.52. The van der Waals surface area contributed by atoms with E-state index < -0.39 is 0 Å². The SMILES string of the molecule is CCCCN1CC(C)N(C(c2ccccc2)c2ccccc2)CC1C. The van der Waals surface area contributed by atoms with Crippen LogP contribution in [-0.4, -0.2) is 41.5 Å². The molecule has 0 spiro atoms. The van der Waals surface area contributed by atoms with Gasteiger partial charge in [0.1, 0.15) is 0 Å². The molecule has 3 rings (SSSR count). The Labute approximate surface area is 153 Å². The maximum atomic E-state index is 2.71. The Kier molecular flexibility index (Phi) is 6.28. The monoisotopic (exact) mass is 336 g/mol. The lowest BCUT2D eigenvalue weighted by molar-refractivity contribution is 0.0234. The number of unbranched alkanes of at least 4 members (excludes halogenated alkanes) is 1. The van der Waals surface area contributed by atoms with Crippen LogP contribution in [0.25, 0.3) is 0 Å². The number of piperazine rings is 1. The van der Waals surface area contributed by atoms with Gasteiger partial charge in [0.25, 0.3) is 0 Å². The zero-order valence-electron chi connectivity index (χ0n) is 15.9. The van der Waals surface area contributed by atoms with Crippen LogP contribution in [0.5, 0.6) is 0 Å². The summed E-state index contributed by atoms with van der Waals surface area (Å²) in [6.07, 6.45) is 2.58.